The van der Waals surface area contributed by atoms with Crippen LogP contribution in [0.3, 0.4) is 0 Å². The third-order valence-corrected chi connectivity index (χ3v) is 4.59. The molecule has 0 bridgehead atoms. The topological polar surface area (TPSA) is 148 Å². The van der Waals surface area contributed by atoms with E-state index in [1.807, 2.05) is 48.5 Å². The highest BCUT2D eigenvalue weighted by atomic mass is 14.9. The molecule has 2 aromatic rings. The van der Waals surface area contributed by atoms with Gasteiger partial charge in [0.1, 0.15) is 11.7 Å². The van der Waals surface area contributed by atoms with Gasteiger partial charge in [0, 0.05) is 48.7 Å². The lowest BCUT2D eigenvalue weighted by Crippen LogP contribution is -2.29. The van der Waals surface area contributed by atoms with Gasteiger partial charge in [0.05, 0.1) is 0 Å². The Balaban J connectivity index is 1.39. The third kappa shape index (κ3) is 8.93. The number of nitrogen functional groups attached to an aromatic ring is 2. The first-order chi connectivity index (χ1) is 14.6. The fourth-order valence-electron chi connectivity index (χ4n) is 2.85. The molecule has 0 aliphatic heterocycles. The number of nitrogens with one attached hydrogen (secondary N) is 6. The maximum Gasteiger partial charge on any atom is 0.122 e. The van der Waals surface area contributed by atoms with Gasteiger partial charge < -0.3 is 32.7 Å². The molecule has 10 N–H and O–H groups in total. The number of anilines is 2. The molecule has 30 heavy (non-hydrogen) atoms. The van der Waals surface area contributed by atoms with E-state index in [0.717, 1.165) is 74.6 Å². The number of benzene rings is 2. The summed E-state index contributed by atoms with van der Waals surface area (Å²) in [4.78, 5) is 0. The van der Waals surface area contributed by atoms with Gasteiger partial charge >= 0.3 is 0 Å². The summed E-state index contributed by atoms with van der Waals surface area (Å²) in [6.07, 6.45) is 2.08. The molecule has 8 nitrogen and oxygen atoms in total. The molecule has 2 aromatic carbocycles. The molecule has 162 valence electrons. The van der Waals surface area contributed by atoms with Crippen molar-refractivity contribution in [2.75, 3.05) is 49.9 Å². The molecule has 0 saturated heterocycles. The Bertz CT molecular complexity index is 703. The van der Waals surface area contributed by atoms with Crippen molar-refractivity contribution in [3.63, 3.8) is 0 Å². The number of nitrogens with two attached hydrogens (primary N) is 2. The fraction of sp³-hybridized carbons (Fsp3) is 0.364. The molecule has 0 atom stereocenters. The minimum Gasteiger partial charge on any atom is -0.385 e. The van der Waals surface area contributed by atoms with Gasteiger partial charge in [-0.25, -0.2) is 0 Å². The third-order valence-electron chi connectivity index (χ3n) is 4.59. The van der Waals surface area contributed by atoms with Gasteiger partial charge in [-0.15, -0.1) is 0 Å². The molecule has 0 radical (unpaired) electrons. The SMILES string of the molecule is N=C(N)c1ccc(NCCCNCCNCCCNc2ccc(C(=N)N)cc2)cc1. The number of amidine groups is 2. The molecule has 0 aliphatic rings. The van der Waals surface area contributed by atoms with Crippen LogP contribution in [0.4, 0.5) is 11.4 Å². The van der Waals surface area contributed by atoms with Gasteiger partial charge in [0.2, 0.25) is 0 Å². The predicted molar refractivity (Wildman–Crippen MR) is 127 cm³/mol. The Morgan fingerprint density at radius 2 is 0.933 bits per heavy atom. The normalized spacial score (nSPS) is 10.5. The van der Waals surface area contributed by atoms with Crippen LogP contribution in [0.15, 0.2) is 48.5 Å². The van der Waals surface area contributed by atoms with Gasteiger partial charge in [-0.3, -0.25) is 10.8 Å². The van der Waals surface area contributed by atoms with Crippen molar-refractivity contribution in [3.05, 3.63) is 59.7 Å². The van der Waals surface area contributed by atoms with Crippen LogP contribution in [0, 0.1) is 10.8 Å². The van der Waals surface area contributed by atoms with Crippen molar-refractivity contribution < 1.29 is 0 Å². The molecule has 0 amide bonds. The molecule has 2 rings (SSSR count). The van der Waals surface area contributed by atoms with E-state index in [9.17, 15) is 0 Å². The first kappa shape index (κ1) is 23.2. The zero-order chi connectivity index (χ0) is 21.6. The van der Waals surface area contributed by atoms with E-state index in [1.165, 1.54) is 0 Å². The van der Waals surface area contributed by atoms with E-state index in [2.05, 4.69) is 21.3 Å². The number of hydrogen-bond donors (Lipinski definition) is 8. The highest BCUT2D eigenvalue weighted by Gasteiger charge is 1.98. The van der Waals surface area contributed by atoms with Crippen molar-refractivity contribution in [1.29, 1.82) is 10.8 Å². The summed E-state index contributed by atoms with van der Waals surface area (Å²) in [5.74, 6) is 0.187. The summed E-state index contributed by atoms with van der Waals surface area (Å²) >= 11 is 0. The van der Waals surface area contributed by atoms with Crippen molar-refractivity contribution >= 4 is 23.0 Å². The second-order valence-electron chi connectivity index (χ2n) is 7.04. The molecule has 0 spiro atoms. The summed E-state index contributed by atoms with van der Waals surface area (Å²) in [6, 6.07) is 15.2. The molecule has 0 aliphatic carbocycles. The molecule has 0 unspecified atom stereocenters. The van der Waals surface area contributed by atoms with Crippen molar-refractivity contribution in [1.82, 2.24) is 10.6 Å². The summed E-state index contributed by atoms with van der Waals surface area (Å²) in [5, 5.41) is 28.4. The average molecular weight is 411 g/mol. The van der Waals surface area contributed by atoms with Crippen LogP contribution in [-0.2, 0) is 0 Å². The van der Waals surface area contributed by atoms with Crippen molar-refractivity contribution in [3.8, 4) is 0 Å². The molecule has 0 aromatic heterocycles. The lowest BCUT2D eigenvalue weighted by Gasteiger charge is -2.10. The largest absolute Gasteiger partial charge is 0.385 e. The van der Waals surface area contributed by atoms with E-state index in [-0.39, 0.29) is 11.7 Å². The zero-order valence-electron chi connectivity index (χ0n) is 17.4. The smallest absolute Gasteiger partial charge is 0.122 e. The Morgan fingerprint density at radius 3 is 1.27 bits per heavy atom. The Hall–Kier alpha value is -3.10. The van der Waals surface area contributed by atoms with Gasteiger partial charge in [-0.05, 0) is 74.5 Å². The van der Waals surface area contributed by atoms with E-state index in [4.69, 9.17) is 22.3 Å². The minimum absolute atomic E-state index is 0.0936. The predicted octanol–water partition coefficient (Wildman–Crippen LogP) is 1.74. The molecular formula is C22H34N8. The van der Waals surface area contributed by atoms with Gasteiger partial charge in [-0.2, -0.15) is 0 Å². The highest BCUT2D eigenvalue weighted by Crippen LogP contribution is 2.09. The quantitative estimate of drug-likeness (QED) is 0.127. The van der Waals surface area contributed by atoms with Gasteiger partial charge in [0.15, 0.2) is 0 Å². The second-order valence-corrected chi connectivity index (χ2v) is 7.04. The second kappa shape index (κ2) is 13.2. The van der Waals surface area contributed by atoms with Crippen molar-refractivity contribution in [2.24, 2.45) is 11.5 Å². The Morgan fingerprint density at radius 1 is 0.567 bits per heavy atom. The molecule has 8 heteroatoms. The maximum atomic E-state index is 7.39. The van der Waals surface area contributed by atoms with Crippen LogP contribution in [0.1, 0.15) is 24.0 Å². The van der Waals surface area contributed by atoms with Crippen LogP contribution >= 0.6 is 0 Å². The highest BCUT2D eigenvalue weighted by molar-refractivity contribution is 5.95. The molecule has 0 saturated carbocycles. The maximum absolute atomic E-state index is 7.39. The van der Waals surface area contributed by atoms with Crippen molar-refractivity contribution in [2.45, 2.75) is 12.8 Å². The molecular weight excluding hydrogens is 376 g/mol. The lowest BCUT2D eigenvalue weighted by molar-refractivity contribution is 0.595. The lowest BCUT2D eigenvalue weighted by atomic mass is 10.2. The summed E-state index contributed by atoms with van der Waals surface area (Å²) in [5.41, 5.74) is 14.5. The van der Waals surface area contributed by atoms with Gasteiger partial charge in [-0.1, -0.05) is 0 Å². The Kier molecular flexibility index (Phi) is 10.2. The van der Waals surface area contributed by atoms with Crippen LogP contribution in [0.25, 0.3) is 0 Å². The van der Waals surface area contributed by atoms with E-state index in [1.54, 1.807) is 0 Å². The summed E-state index contributed by atoms with van der Waals surface area (Å²) in [6.45, 7) is 5.65. The summed E-state index contributed by atoms with van der Waals surface area (Å²) in [7, 11) is 0. The standard InChI is InChI=1S/C22H34N8/c23-21(24)17-3-7-19(8-4-17)29-13-1-11-27-15-16-28-12-2-14-30-20-9-5-18(6-10-20)22(25)26/h3-10,27-30H,1-2,11-16H2,(H3,23,24)(H3,25,26). The molecule has 0 heterocycles. The van der Waals surface area contributed by atoms with Gasteiger partial charge in [0.25, 0.3) is 0 Å². The Labute approximate surface area is 178 Å². The zero-order valence-corrected chi connectivity index (χ0v) is 17.4. The molecule has 0 fully saturated rings. The van der Waals surface area contributed by atoms with E-state index in [0.29, 0.717) is 0 Å². The van der Waals surface area contributed by atoms with Crippen LogP contribution in [0.2, 0.25) is 0 Å². The van der Waals surface area contributed by atoms with E-state index >= 15 is 0 Å². The number of hydrogen-bond acceptors (Lipinski definition) is 6. The van der Waals surface area contributed by atoms with E-state index < -0.39 is 0 Å². The summed E-state index contributed by atoms with van der Waals surface area (Å²) < 4.78 is 0. The minimum atomic E-state index is 0.0936. The first-order valence-electron chi connectivity index (χ1n) is 10.3. The van der Waals surface area contributed by atoms with Crippen LogP contribution < -0.4 is 32.7 Å². The van der Waals surface area contributed by atoms with Crippen LogP contribution in [0.5, 0.6) is 0 Å². The average Bonchev–Trinajstić information content (AvgIpc) is 2.75. The number of rotatable bonds is 15. The first-order valence-corrected chi connectivity index (χ1v) is 10.3. The monoisotopic (exact) mass is 410 g/mol. The fourth-order valence-corrected chi connectivity index (χ4v) is 2.85. The van der Waals surface area contributed by atoms with Crippen LogP contribution in [-0.4, -0.2) is 50.9 Å².